The third-order valence-corrected chi connectivity index (χ3v) is 7.91. The van der Waals surface area contributed by atoms with Gasteiger partial charge in [0.15, 0.2) is 0 Å². The molecule has 2 aromatic rings. The van der Waals surface area contributed by atoms with Crippen LogP contribution >= 0.6 is 43.2 Å². The highest BCUT2D eigenvalue weighted by Crippen LogP contribution is 2.40. The fourth-order valence-corrected chi connectivity index (χ4v) is 6.93. The summed E-state index contributed by atoms with van der Waals surface area (Å²) in [6, 6.07) is 9.12. The molecule has 1 atom stereocenters. The van der Waals surface area contributed by atoms with E-state index in [1.165, 1.54) is 0 Å². The Hall–Kier alpha value is -0.210. The molecule has 1 fully saturated rings. The van der Waals surface area contributed by atoms with Gasteiger partial charge in [-0.3, -0.25) is 0 Å². The monoisotopic (exact) mass is 449 g/mol. The molecular formula is C14H13Br2NO2S2. The highest BCUT2D eigenvalue weighted by atomic mass is 79.9. The average molecular weight is 451 g/mol. The Morgan fingerprint density at radius 2 is 2.05 bits per heavy atom. The largest absolute Gasteiger partial charge is 0.244 e. The van der Waals surface area contributed by atoms with Crippen molar-refractivity contribution in [2.24, 2.45) is 0 Å². The molecule has 1 aromatic carbocycles. The minimum Gasteiger partial charge on any atom is -0.207 e. The Balaban J connectivity index is 2.01. The number of thiophene rings is 1. The fourth-order valence-electron chi connectivity index (χ4n) is 2.60. The number of sulfonamides is 1. The maximum atomic E-state index is 13.0. The van der Waals surface area contributed by atoms with E-state index >= 15 is 0 Å². The van der Waals surface area contributed by atoms with Gasteiger partial charge in [0, 0.05) is 20.4 Å². The van der Waals surface area contributed by atoms with Crippen molar-refractivity contribution in [1.29, 1.82) is 0 Å². The number of benzene rings is 1. The van der Waals surface area contributed by atoms with E-state index in [1.807, 2.05) is 17.5 Å². The van der Waals surface area contributed by atoms with E-state index in [9.17, 15) is 8.42 Å². The molecule has 0 saturated carbocycles. The lowest BCUT2D eigenvalue weighted by Crippen LogP contribution is -2.30. The van der Waals surface area contributed by atoms with Crippen LogP contribution in [0.1, 0.15) is 23.8 Å². The SMILES string of the molecule is O=S(=O)(c1ccc(Br)cc1Br)N1CCCC1c1cccs1. The Kier molecular flexibility index (Phi) is 4.57. The number of hydrogen-bond acceptors (Lipinski definition) is 3. The summed E-state index contributed by atoms with van der Waals surface area (Å²) in [5, 5.41) is 1.99. The Morgan fingerprint density at radius 3 is 2.71 bits per heavy atom. The van der Waals surface area contributed by atoms with E-state index in [-0.39, 0.29) is 6.04 Å². The van der Waals surface area contributed by atoms with E-state index in [4.69, 9.17) is 0 Å². The fraction of sp³-hybridized carbons (Fsp3) is 0.286. The van der Waals surface area contributed by atoms with Crippen LogP contribution in [-0.4, -0.2) is 19.3 Å². The van der Waals surface area contributed by atoms with Crippen LogP contribution in [0.2, 0.25) is 0 Å². The first-order chi connectivity index (χ1) is 10.00. The van der Waals surface area contributed by atoms with Crippen molar-refractivity contribution in [3.8, 4) is 0 Å². The summed E-state index contributed by atoms with van der Waals surface area (Å²) in [5.41, 5.74) is 0. The summed E-state index contributed by atoms with van der Waals surface area (Å²) >= 11 is 8.34. The molecule has 0 aliphatic carbocycles. The summed E-state index contributed by atoms with van der Waals surface area (Å²) in [5.74, 6) is 0. The van der Waals surface area contributed by atoms with Gasteiger partial charge in [-0.05, 0) is 58.4 Å². The van der Waals surface area contributed by atoms with Gasteiger partial charge >= 0.3 is 0 Å². The minimum absolute atomic E-state index is 0.0365. The summed E-state index contributed by atoms with van der Waals surface area (Å²) in [7, 11) is -3.49. The zero-order valence-corrected chi connectivity index (χ0v) is 15.8. The molecule has 0 radical (unpaired) electrons. The van der Waals surface area contributed by atoms with Gasteiger partial charge in [-0.25, -0.2) is 8.42 Å². The highest BCUT2D eigenvalue weighted by molar-refractivity contribution is 9.11. The van der Waals surface area contributed by atoms with E-state index in [2.05, 4.69) is 31.9 Å². The molecule has 0 spiro atoms. The second kappa shape index (κ2) is 6.12. The van der Waals surface area contributed by atoms with Crippen molar-refractivity contribution in [3.63, 3.8) is 0 Å². The standard InChI is InChI=1S/C14H13Br2NO2S2/c15-10-5-6-14(11(16)9-10)21(18,19)17-7-1-3-12(17)13-4-2-8-20-13/h2,4-6,8-9,12H,1,3,7H2. The molecular weight excluding hydrogens is 438 g/mol. The summed E-state index contributed by atoms with van der Waals surface area (Å²) in [6.07, 6.45) is 1.78. The first kappa shape index (κ1) is 15.7. The second-order valence-electron chi connectivity index (χ2n) is 4.86. The first-order valence-corrected chi connectivity index (χ1v) is 10.4. The van der Waals surface area contributed by atoms with Gasteiger partial charge in [0.25, 0.3) is 0 Å². The third kappa shape index (κ3) is 2.99. The molecule has 1 unspecified atom stereocenters. The average Bonchev–Trinajstić information content (AvgIpc) is 3.09. The van der Waals surface area contributed by atoms with Gasteiger partial charge in [0.2, 0.25) is 10.0 Å². The molecule has 1 aromatic heterocycles. The van der Waals surface area contributed by atoms with Gasteiger partial charge in [-0.1, -0.05) is 22.0 Å². The molecule has 21 heavy (non-hydrogen) atoms. The van der Waals surface area contributed by atoms with Gasteiger partial charge in [0.05, 0.1) is 10.9 Å². The smallest absolute Gasteiger partial charge is 0.207 e. The van der Waals surface area contributed by atoms with Crippen LogP contribution in [0.3, 0.4) is 0 Å². The van der Waals surface area contributed by atoms with E-state index in [1.54, 1.807) is 33.8 Å². The normalized spacial score (nSPS) is 20.0. The highest BCUT2D eigenvalue weighted by Gasteiger charge is 2.37. The number of rotatable bonds is 3. The van der Waals surface area contributed by atoms with Crippen molar-refractivity contribution in [1.82, 2.24) is 4.31 Å². The molecule has 0 amide bonds. The van der Waals surface area contributed by atoms with Gasteiger partial charge in [-0.2, -0.15) is 4.31 Å². The molecule has 0 bridgehead atoms. The van der Waals surface area contributed by atoms with Crippen molar-refractivity contribution in [3.05, 3.63) is 49.5 Å². The number of halogens is 2. The molecule has 3 nitrogen and oxygen atoms in total. The van der Waals surface area contributed by atoms with Crippen LogP contribution in [0.25, 0.3) is 0 Å². The Labute approximate surface area is 145 Å². The van der Waals surface area contributed by atoms with Crippen LogP contribution in [0.5, 0.6) is 0 Å². The van der Waals surface area contributed by atoms with E-state index < -0.39 is 10.0 Å². The van der Waals surface area contributed by atoms with Crippen molar-refractivity contribution in [2.45, 2.75) is 23.8 Å². The lowest BCUT2D eigenvalue weighted by atomic mass is 10.2. The van der Waals surface area contributed by atoms with Crippen molar-refractivity contribution >= 4 is 53.2 Å². The lowest BCUT2D eigenvalue weighted by Gasteiger charge is -2.23. The Morgan fingerprint density at radius 1 is 1.24 bits per heavy atom. The molecule has 1 saturated heterocycles. The lowest BCUT2D eigenvalue weighted by molar-refractivity contribution is 0.400. The topological polar surface area (TPSA) is 37.4 Å². The number of nitrogens with zero attached hydrogens (tertiary/aromatic N) is 1. The van der Waals surface area contributed by atoms with Crippen molar-refractivity contribution in [2.75, 3.05) is 6.54 Å². The molecule has 2 heterocycles. The van der Waals surface area contributed by atoms with E-state index in [0.29, 0.717) is 15.9 Å². The van der Waals surface area contributed by atoms with Crippen LogP contribution in [0.4, 0.5) is 0 Å². The molecule has 1 aliphatic rings. The zero-order valence-electron chi connectivity index (χ0n) is 11.0. The Bertz CT molecular complexity index is 744. The van der Waals surface area contributed by atoms with Gasteiger partial charge in [0.1, 0.15) is 0 Å². The van der Waals surface area contributed by atoms with Crippen LogP contribution in [0, 0.1) is 0 Å². The molecule has 112 valence electrons. The van der Waals surface area contributed by atoms with Gasteiger partial charge < -0.3 is 0 Å². The van der Waals surface area contributed by atoms with Crippen LogP contribution in [-0.2, 0) is 10.0 Å². The zero-order chi connectivity index (χ0) is 15.0. The van der Waals surface area contributed by atoms with Gasteiger partial charge in [-0.15, -0.1) is 11.3 Å². The summed E-state index contributed by atoms with van der Waals surface area (Å²) < 4.78 is 29.0. The summed E-state index contributed by atoms with van der Waals surface area (Å²) in [6.45, 7) is 0.577. The maximum absolute atomic E-state index is 13.0. The quantitative estimate of drug-likeness (QED) is 0.673. The van der Waals surface area contributed by atoms with Crippen LogP contribution < -0.4 is 0 Å². The third-order valence-electron chi connectivity index (χ3n) is 3.56. The predicted octanol–water partition coefficient (Wildman–Crippen LogP) is 4.80. The predicted molar refractivity (Wildman–Crippen MR) is 92.0 cm³/mol. The molecule has 3 rings (SSSR count). The second-order valence-corrected chi connectivity index (χ2v) is 9.47. The van der Waals surface area contributed by atoms with Crippen LogP contribution in [0.15, 0.2) is 49.6 Å². The molecule has 1 aliphatic heterocycles. The summed E-state index contributed by atoms with van der Waals surface area (Å²) in [4.78, 5) is 1.44. The molecule has 7 heteroatoms. The molecule has 0 N–H and O–H groups in total. The van der Waals surface area contributed by atoms with E-state index in [0.717, 1.165) is 22.2 Å². The maximum Gasteiger partial charge on any atom is 0.244 e. The number of hydrogen-bond donors (Lipinski definition) is 0. The van der Waals surface area contributed by atoms with Crippen molar-refractivity contribution < 1.29 is 8.42 Å². The minimum atomic E-state index is -3.49. The first-order valence-electron chi connectivity index (χ1n) is 6.50.